The van der Waals surface area contributed by atoms with Gasteiger partial charge in [0, 0.05) is 16.5 Å². The molecule has 4 rings (SSSR count). The van der Waals surface area contributed by atoms with E-state index >= 15 is 0 Å². The quantitative estimate of drug-likeness (QED) is 0.571. The molecule has 1 N–H and O–H groups in total. The highest BCUT2D eigenvalue weighted by Gasteiger charge is 2.14. The minimum Gasteiger partial charge on any atom is -0.363 e. The van der Waals surface area contributed by atoms with Crippen LogP contribution in [0.15, 0.2) is 54.6 Å². The summed E-state index contributed by atoms with van der Waals surface area (Å²) < 4.78 is 1.88. The SMILES string of the molecule is Cc1cc2nc(N[C@@H](C)c3ccccc3Cl)c3ccccc3n2n1. The molecular formula is C19H17ClN4. The minimum absolute atomic E-state index is 0.0427. The van der Waals surface area contributed by atoms with Crippen molar-refractivity contribution in [2.24, 2.45) is 0 Å². The van der Waals surface area contributed by atoms with Crippen molar-refractivity contribution in [3.63, 3.8) is 0 Å². The molecule has 4 aromatic rings. The molecule has 0 radical (unpaired) electrons. The predicted octanol–water partition coefficient (Wildman–Crippen LogP) is 5.02. The van der Waals surface area contributed by atoms with Crippen molar-refractivity contribution in [1.29, 1.82) is 0 Å². The lowest BCUT2D eigenvalue weighted by atomic mass is 10.1. The van der Waals surface area contributed by atoms with Gasteiger partial charge in [-0.3, -0.25) is 0 Å². The average molecular weight is 337 g/mol. The van der Waals surface area contributed by atoms with Gasteiger partial charge in [-0.25, -0.2) is 9.50 Å². The molecule has 0 bridgehead atoms. The Hall–Kier alpha value is -2.59. The molecule has 4 nitrogen and oxygen atoms in total. The Morgan fingerprint density at radius 3 is 2.67 bits per heavy atom. The fourth-order valence-corrected chi connectivity index (χ4v) is 3.29. The molecule has 2 aromatic carbocycles. The van der Waals surface area contributed by atoms with E-state index in [9.17, 15) is 0 Å². The lowest BCUT2D eigenvalue weighted by Gasteiger charge is -2.18. The van der Waals surface area contributed by atoms with Gasteiger partial charge in [0.05, 0.1) is 17.3 Å². The lowest BCUT2D eigenvalue weighted by molar-refractivity contribution is 0.874. The molecule has 0 saturated carbocycles. The summed E-state index contributed by atoms with van der Waals surface area (Å²) in [6, 6.07) is 18.0. The summed E-state index contributed by atoms with van der Waals surface area (Å²) >= 11 is 6.33. The summed E-state index contributed by atoms with van der Waals surface area (Å²) in [6.07, 6.45) is 0. The Morgan fingerprint density at radius 1 is 1.08 bits per heavy atom. The summed E-state index contributed by atoms with van der Waals surface area (Å²) in [4.78, 5) is 4.77. The van der Waals surface area contributed by atoms with Crippen LogP contribution in [0.5, 0.6) is 0 Å². The van der Waals surface area contributed by atoms with Gasteiger partial charge in [-0.1, -0.05) is 41.9 Å². The number of fused-ring (bicyclic) bond motifs is 3. The number of hydrogen-bond donors (Lipinski definition) is 1. The molecule has 2 heterocycles. The maximum atomic E-state index is 6.33. The number of para-hydroxylation sites is 1. The van der Waals surface area contributed by atoms with Crippen LogP contribution in [0, 0.1) is 6.92 Å². The fourth-order valence-electron chi connectivity index (χ4n) is 3.00. The molecule has 0 fully saturated rings. The van der Waals surface area contributed by atoms with E-state index in [1.165, 1.54) is 0 Å². The van der Waals surface area contributed by atoms with Crippen LogP contribution in [-0.2, 0) is 0 Å². The molecule has 1 atom stereocenters. The molecule has 120 valence electrons. The molecule has 0 spiro atoms. The fraction of sp³-hybridized carbons (Fsp3) is 0.158. The van der Waals surface area contributed by atoms with Crippen molar-refractivity contribution in [2.45, 2.75) is 19.9 Å². The maximum absolute atomic E-state index is 6.33. The number of nitrogens with one attached hydrogen (secondary N) is 1. The van der Waals surface area contributed by atoms with Crippen LogP contribution in [0.4, 0.5) is 5.82 Å². The highest BCUT2D eigenvalue weighted by atomic mass is 35.5. The van der Waals surface area contributed by atoms with Crippen LogP contribution in [0.25, 0.3) is 16.6 Å². The second kappa shape index (κ2) is 5.80. The first-order valence-corrected chi connectivity index (χ1v) is 8.27. The number of halogens is 1. The van der Waals surface area contributed by atoms with Crippen molar-refractivity contribution < 1.29 is 0 Å². The normalized spacial score (nSPS) is 12.6. The Bertz CT molecular complexity index is 1040. The second-order valence-electron chi connectivity index (χ2n) is 5.92. The topological polar surface area (TPSA) is 42.2 Å². The van der Waals surface area contributed by atoms with Gasteiger partial charge in [0.25, 0.3) is 0 Å². The van der Waals surface area contributed by atoms with E-state index in [-0.39, 0.29) is 6.04 Å². The van der Waals surface area contributed by atoms with E-state index in [1.807, 2.05) is 53.9 Å². The van der Waals surface area contributed by atoms with E-state index in [1.54, 1.807) is 0 Å². The molecule has 0 aliphatic rings. The number of rotatable bonds is 3. The summed E-state index contributed by atoms with van der Waals surface area (Å²) in [5.41, 5.74) is 3.86. The highest BCUT2D eigenvalue weighted by molar-refractivity contribution is 6.31. The van der Waals surface area contributed by atoms with E-state index in [2.05, 4.69) is 29.5 Å². The van der Waals surface area contributed by atoms with Gasteiger partial charge in [-0.2, -0.15) is 5.10 Å². The summed E-state index contributed by atoms with van der Waals surface area (Å²) in [5, 5.41) is 9.83. The van der Waals surface area contributed by atoms with Crippen LogP contribution in [0.1, 0.15) is 24.2 Å². The standard InChI is InChI=1S/C19H17ClN4/c1-12-11-18-22-19(15-8-4-6-10-17(15)24(18)23-12)21-13(2)14-7-3-5-9-16(14)20/h3-11,13H,1-2H3,(H,21,22)/t13-/m0/s1. The molecule has 0 amide bonds. The van der Waals surface area contributed by atoms with Crippen LogP contribution in [0.2, 0.25) is 5.02 Å². The maximum Gasteiger partial charge on any atom is 0.158 e. The molecule has 0 unspecified atom stereocenters. The zero-order valence-electron chi connectivity index (χ0n) is 13.5. The summed E-state index contributed by atoms with van der Waals surface area (Å²) in [7, 11) is 0. The number of benzene rings is 2. The third-order valence-electron chi connectivity index (χ3n) is 4.15. The van der Waals surface area contributed by atoms with Gasteiger partial charge in [0.2, 0.25) is 0 Å². The molecule has 0 aliphatic carbocycles. The predicted molar refractivity (Wildman–Crippen MR) is 98.7 cm³/mol. The number of hydrogen-bond acceptors (Lipinski definition) is 3. The number of nitrogens with zero attached hydrogens (tertiary/aromatic N) is 3. The van der Waals surface area contributed by atoms with Crippen LogP contribution in [0.3, 0.4) is 0 Å². The van der Waals surface area contributed by atoms with Gasteiger partial charge >= 0.3 is 0 Å². The van der Waals surface area contributed by atoms with Crippen LogP contribution in [-0.4, -0.2) is 14.6 Å². The Kier molecular flexibility index (Phi) is 3.62. The van der Waals surface area contributed by atoms with Gasteiger partial charge in [0.15, 0.2) is 5.65 Å². The van der Waals surface area contributed by atoms with Crippen molar-refractivity contribution in [3.8, 4) is 0 Å². The second-order valence-corrected chi connectivity index (χ2v) is 6.33. The first kappa shape index (κ1) is 15.0. The Labute approximate surface area is 145 Å². The van der Waals surface area contributed by atoms with Crippen molar-refractivity contribution in [3.05, 3.63) is 70.9 Å². The summed E-state index contributed by atoms with van der Waals surface area (Å²) in [5.74, 6) is 0.838. The Morgan fingerprint density at radius 2 is 1.83 bits per heavy atom. The van der Waals surface area contributed by atoms with Crippen molar-refractivity contribution in [1.82, 2.24) is 14.6 Å². The van der Waals surface area contributed by atoms with Crippen LogP contribution < -0.4 is 5.32 Å². The zero-order chi connectivity index (χ0) is 16.7. The third kappa shape index (κ3) is 2.49. The van der Waals surface area contributed by atoms with Gasteiger partial charge in [0.1, 0.15) is 5.82 Å². The van der Waals surface area contributed by atoms with Crippen LogP contribution >= 0.6 is 11.6 Å². The Balaban J connectivity index is 1.85. The molecule has 5 heteroatoms. The van der Waals surface area contributed by atoms with Crippen molar-refractivity contribution >= 4 is 34.0 Å². The summed E-state index contributed by atoms with van der Waals surface area (Å²) in [6.45, 7) is 4.06. The zero-order valence-corrected chi connectivity index (χ0v) is 14.2. The number of aryl methyl sites for hydroxylation is 1. The third-order valence-corrected chi connectivity index (χ3v) is 4.50. The number of anilines is 1. The molecular weight excluding hydrogens is 320 g/mol. The van der Waals surface area contributed by atoms with Crippen molar-refractivity contribution in [2.75, 3.05) is 5.32 Å². The van der Waals surface area contributed by atoms with E-state index < -0.39 is 0 Å². The molecule has 2 aromatic heterocycles. The lowest BCUT2D eigenvalue weighted by Crippen LogP contribution is -2.10. The average Bonchev–Trinajstić information content (AvgIpc) is 2.96. The van der Waals surface area contributed by atoms with E-state index in [0.29, 0.717) is 0 Å². The molecule has 0 aliphatic heterocycles. The highest BCUT2D eigenvalue weighted by Crippen LogP contribution is 2.29. The smallest absolute Gasteiger partial charge is 0.158 e. The van der Waals surface area contributed by atoms with Gasteiger partial charge in [-0.15, -0.1) is 0 Å². The first-order valence-electron chi connectivity index (χ1n) is 7.89. The molecule has 24 heavy (non-hydrogen) atoms. The molecule has 0 saturated heterocycles. The number of aromatic nitrogens is 3. The monoisotopic (exact) mass is 336 g/mol. The largest absolute Gasteiger partial charge is 0.363 e. The van der Waals surface area contributed by atoms with Gasteiger partial charge in [-0.05, 0) is 37.6 Å². The minimum atomic E-state index is 0.0427. The van der Waals surface area contributed by atoms with E-state index in [0.717, 1.165) is 38.6 Å². The first-order chi connectivity index (χ1) is 11.6. The van der Waals surface area contributed by atoms with Gasteiger partial charge < -0.3 is 5.32 Å². The van der Waals surface area contributed by atoms with E-state index in [4.69, 9.17) is 16.6 Å².